The van der Waals surface area contributed by atoms with Crippen molar-refractivity contribution in [3.63, 3.8) is 0 Å². The topological polar surface area (TPSA) is 37.3 Å². The number of carbonyl (C=O) groups is 1. The molecular weight excluding hydrogens is 404 g/mol. The summed E-state index contributed by atoms with van der Waals surface area (Å²) in [5.74, 6) is 0.288. The van der Waals surface area contributed by atoms with E-state index in [4.69, 9.17) is 5.11 Å². The summed E-state index contributed by atoms with van der Waals surface area (Å²) in [6, 6.07) is 0. The van der Waals surface area contributed by atoms with Crippen molar-refractivity contribution in [1.82, 2.24) is 0 Å². The van der Waals surface area contributed by atoms with E-state index in [0.717, 1.165) is 18.8 Å². The number of carboxylic acids is 1. The molecule has 1 N–H and O–H groups in total. The Morgan fingerprint density at radius 3 is 0.970 bits per heavy atom. The van der Waals surface area contributed by atoms with Gasteiger partial charge in [0, 0.05) is 6.42 Å². The van der Waals surface area contributed by atoms with Gasteiger partial charge in [-0.3, -0.25) is 4.79 Å². The van der Waals surface area contributed by atoms with E-state index in [9.17, 15) is 4.79 Å². The van der Waals surface area contributed by atoms with Crippen LogP contribution in [0, 0.1) is 5.92 Å². The fourth-order valence-electron chi connectivity index (χ4n) is 4.86. The van der Waals surface area contributed by atoms with Crippen LogP contribution >= 0.6 is 0 Å². The first kappa shape index (κ1) is 32.5. The van der Waals surface area contributed by atoms with Gasteiger partial charge in [-0.25, -0.2) is 0 Å². The van der Waals surface area contributed by atoms with Crippen molar-refractivity contribution in [2.45, 2.75) is 187 Å². The molecule has 33 heavy (non-hydrogen) atoms. The Morgan fingerprint density at radius 2 is 0.727 bits per heavy atom. The fourth-order valence-corrected chi connectivity index (χ4v) is 4.86. The highest BCUT2D eigenvalue weighted by molar-refractivity contribution is 5.66. The summed E-state index contributed by atoms with van der Waals surface area (Å²) < 4.78 is 0. The summed E-state index contributed by atoms with van der Waals surface area (Å²) in [6.45, 7) is 4.71. The van der Waals surface area contributed by atoms with E-state index in [0.29, 0.717) is 6.42 Å². The summed E-state index contributed by atoms with van der Waals surface area (Å²) in [5.41, 5.74) is 0. The van der Waals surface area contributed by atoms with E-state index >= 15 is 0 Å². The van der Waals surface area contributed by atoms with Crippen LogP contribution in [0.2, 0.25) is 0 Å². The van der Waals surface area contributed by atoms with Crippen LogP contribution in [0.25, 0.3) is 0 Å². The predicted octanol–water partition coefficient (Wildman–Crippen LogP) is 11.3. The maximum absolute atomic E-state index is 10.4. The molecule has 0 rings (SSSR count). The molecule has 0 unspecified atom stereocenters. The maximum atomic E-state index is 10.4. The molecule has 0 aliphatic heterocycles. The number of hydrogen-bond acceptors (Lipinski definition) is 1. The Kier molecular flexibility index (Phi) is 27.3. The molecule has 0 amide bonds. The quantitative estimate of drug-likeness (QED) is 0.116. The zero-order valence-electron chi connectivity index (χ0n) is 23.0. The van der Waals surface area contributed by atoms with Gasteiger partial charge in [0.2, 0.25) is 0 Å². The zero-order valence-corrected chi connectivity index (χ0v) is 23.0. The highest BCUT2D eigenvalue weighted by Gasteiger charge is 1.99. The molecule has 0 aromatic carbocycles. The van der Waals surface area contributed by atoms with Gasteiger partial charge in [0.1, 0.15) is 0 Å². The molecule has 0 aromatic heterocycles. The minimum Gasteiger partial charge on any atom is -0.481 e. The lowest BCUT2D eigenvalue weighted by Gasteiger charge is -2.07. The second-order valence-electron chi connectivity index (χ2n) is 10.9. The molecule has 0 saturated carbocycles. The van der Waals surface area contributed by atoms with Crippen molar-refractivity contribution in [3.05, 3.63) is 0 Å². The second-order valence-corrected chi connectivity index (χ2v) is 10.9. The lowest BCUT2D eigenvalue weighted by molar-refractivity contribution is -0.137. The molecule has 2 heteroatoms. The fraction of sp³-hybridized carbons (Fsp3) is 0.968. The van der Waals surface area contributed by atoms with Gasteiger partial charge in [-0.05, 0) is 12.3 Å². The normalized spacial score (nSPS) is 12.3. The summed E-state index contributed by atoms with van der Waals surface area (Å²) in [5, 5.41) is 8.61. The Bertz CT molecular complexity index is 379. The lowest BCUT2D eigenvalue weighted by atomic mass is 9.99. The standard InChI is InChI=1S/C31H62O2/c1-3-30(2)28-26-24-22-20-18-16-14-12-10-8-6-4-5-7-9-11-13-15-17-19-21-23-25-27-29-31(32)33/h30H,3-29H2,1-2H3,(H,32,33)/t30-/m0/s1. The van der Waals surface area contributed by atoms with E-state index in [1.165, 1.54) is 154 Å². The second kappa shape index (κ2) is 27.7. The van der Waals surface area contributed by atoms with Crippen molar-refractivity contribution in [2.24, 2.45) is 5.92 Å². The predicted molar refractivity (Wildman–Crippen MR) is 147 cm³/mol. The minimum absolute atomic E-state index is 0.346. The van der Waals surface area contributed by atoms with Crippen molar-refractivity contribution in [2.75, 3.05) is 0 Å². The van der Waals surface area contributed by atoms with E-state index in [-0.39, 0.29) is 0 Å². The Hall–Kier alpha value is -0.530. The van der Waals surface area contributed by atoms with Crippen LogP contribution in [0.3, 0.4) is 0 Å². The van der Waals surface area contributed by atoms with Crippen molar-refractivity contribution >= 4 is 5.97 Å². The van der Waals surface area contributed by atoms with Gasteiger partial charge in [0.15, 0.2) is 0 Å². The molecule has 0 bridgehead atoms. The Balaban J connectivity index is 3.03. The van der Waals surface area contributed by atoms with Crippen molar-refractivity contribution in [1.29, 1.82) is 0 Å². The average Bonchev–Trinajstić information content (AvgIpc) is 2.80. The van der Waals surface area contributed by atoms with Gasteiger partial charge in [-0.1, -0.05) is 174 Å². The Morgan fingerprint density at radius 1 is 0.485 bits per heavy atom. The number of unbranched alkanes of at least 4 members (excludes halogenated alkanes) is 23. The van der Waals surface area contributed by atoms with Gasteiger partial charge in [-0.15, -0.1) is 0 Å². The van der Waals surface area contributed by atoms with Gasteiger partial charge in [0.25, 0.3) is 0 Å². The number of carboxylic acid groups (broad SMARTS) is 1. The molecule has 0 spiro atoms. The average molecular weight is 467 g/mol. The van der Waals surface area contributed by atoms with Gasteiger partial charge in [-0.2, -0.15) is 0 Å². The van der Waals surface area contributed by atoms with Crippen molar-refractivity contribution in [3.8, 4) is 0 Å². The molecule has 0 fully saturated rings. The largest absolute Gasteiger partial charge is 0.481 e. The highest BCUT2D eigenvalue weighted by atomic mass is 16.4. The monoisotopic (exact) mass is 466 g/mol. The van der Waals surface area contributed by atoms with E-state index in [1.807, 2.05) is 0 Å². The van der Waals surface area contributed by atoms with Crippen LogP contribution in [0.1, 0.15) is 187 Å². The first-order chi connectivity index (χ1) is 16.2. The third-order valence-corrected chi connectivity index (χ3v) is 7.53. The first-order valence-corrected chi connectivity index (χ1v) is 15.4. The zero-order chi connectivity index (χ0) is 24.2. The van der Waals surface area contributed by atoms with Crippen molar-refractivity contribution < 1.29 is 9.90 Å². The summed E-state index contributed by atoms with van der Waals surface area (Å²) in [4.78, 5) is 10.4. The molecule has 0 heterocycles. The third-order valence-electron chi connectivity index (χ3n) is 7.53. The molecule has 0 aromatic rings. The molecule has 0 radical (unpaired) electrons. The highest BCUT2D eigenvalue weighted by Crippen LogP contribution is 2.17. The van der Waals surface area contributed by atoms with Gasteiger partial charge >= 0.3 is 5.97 Å². The van der Waals surface area contributed by atoms with Gasteiger partial charge < -0.3 is 5.11 Å². The molecule has 198 valence electrons. The molecular formula is C31H62O2. The third kappa shape index (κ3) is 29.4. The van der Waals surface area contributed by atoms with E-state index in [2.05, 4.69) is 13.8 Å². The van der Waals surface area contributed by atoms with Crippen LogP contribution in [0.15, 0.2) is 0 Å². The Labute approximate surface area is 209 Å². The molecule has 0 aliphatic carbocycles. The first-order valence-electron chi connectivity index (χ1n) is 15.4. The molecule has 0 aliphatic rings. The minimum atomic E-state index is -0.649. The summed E-state index contributed by atoms with van der Waals surface area (Å²) >= 11 is 0. The van der Waals surface area contributed by atoms with E-state index < -0.39 is 5.97 Å². The smallest absolute Gasteiger partial charge is 0.303 e. The van der Waals surface area contributed by atoms with Crippen LogP contribution in [-0.2, 0) is 4.79 Å². The maximum Gasteiger partial charge on any atom is 0.303 e. The van der Waals surface area contributed by atoms with Gasteiger partial charge in [0.05, 0.1) is 0 Å². The number of rotatable bonds is 28. The number of hydrogen-bond donors (Lipinski definition) is 1. The van der Waals surface area contributed by atoms with Crippen LogP contribution in [0.4, 0.5) is 0 Å². The molecule has 2 nitrogen and oxygen atoms in total. The number of aliphatic carboxylic acids is 1. The molecule has 0 saturated heterocycles. The van der Waals surface area contributed by atoms with Crippen LogP contribution in [-0.4, -0.2) is 11.1 Å². The SMILES string of the molecule is CC[C@H](C)CCCCCCCCCCCCCCCCCCCCCCCCCCC(=O)O. The summed E-state index contributed by atoms with van der Waals surface area (Å²) in [7, 11) is 0. The lowest BCUT2D eigenvalue weighted by Crippen LogP contribution is -1.93. The summed E-state index contributed by atoms with van der Waals surface area (Å²) in [6.07, 6.45) is 36.4. The van der Waals surface area contributed by atoms with E-state index in [1.54, 1.807) is 0 Å². The van der Waals surface area contributed by atoms with Crippen LogP contribution < -0.4 is 0 Å². The van der Waals surface area contributed by atoms with Crippen LogP contribution in [0.5, 0.6) is 0 Å². The molecule has 1 atom stereocenters.